The van der Waals surface area contributed by atoms with Crippen molar-refractivity contribution >= 4 is 21.9 Å². The lowest BCUT2D eigenvalue weighted by molar-refractivity contribution is -0.135. The highest BCUT2D eigenvalue weighted by Gasteiger charge is 2.19. The molecule has 0 aliphatic heterocycles. The number of ketones is 1. The molecule has 1 aromatic rings. The van der Waals surface area contributed by atoms with Gasteiger partial charge in [0.05, 0.1) is 13.0 Å². The van der Waals surface area contributed by atoms with Crippen LogP contribution in [-0.2, 0) is 23.9 Å². The summed E-state index contributed by atoms with van der Waals surface area (Å²) in [6.07, 6.45) is -0.429. The third-order valence-electron chi connectivity index (χ3n) is 2.07. The molecule has 0 heterocycles. The zero-order valence-electron chi connectivity index (χ0n) is 9.53. The van der Waals surface area contributed by atoms with Crippen LogP contribution in [0, 0.1) is 0 Å². The fourth-order valence-corrected chi connectivity index (χ4v) is 2.06. The molecule has 0 atom stereocenters. The van der Waals surface area contributed by atoms with E-state index in [1.165, 1.54) is 24.3 Å². The number of Topliss-reactive ketones (excluding diaryl/α,β-unsaturated/α-hetero) is 1. The molecule has 1 rings (SSSR count). The van der Waals surface area contributed by atoms with Crippen molar-refractivity contribution < 1.29 is 22.2 Å². The Balaban J connectivity index is 2.62. The first-order chi connectivity index (χ1) is 8.45. The van der Waals surface area contributed by atoms with Gasteiger partial charge in [-0.1, -0.05) is 18.2 Å². The van der Waals surface area contributed by atoms with Crippen LogP contribution in [0.1, 0.15) is 12.8 Å². The Bertz CT molecular complexity index is 524. The summed E-state index contributed by atoms with van der Waals surface area (Å²) in [6, 6.07) is 7.29. The molecule has 0 fully saturated rings. The Morgan fingerprint density at radius 3 is 2.28 bits per heavy atom. The number of nitrogens with two attached hydrogens (primary N) is 1. The first kappa shape index (κ1) is 14.3. The van der Waals surface area contributed by atoms with Gasteiger partial charge in [-0.05, 0) is 12.1 Å². The summed E-state index contributed by atoms with van der Waals surface area (Å²) < 4.78 is 27.6. The van der Waals surface area contributed by atoms with Gasteiger partial charge in [0, 0.05) is 6.42 Å². The number of rotatable bonds is 6. The second-order valence-corrected chi connectivity index (χ2v) is 5.01. The largest absolute Gasteiger partial charge is 0.342 e. The van der Waals surface area contributed by atoms with Crippen LogP contribution < -0.4 is 5.73 Å². The van der Waals surface area contributed by atoms with Gasteiger partial charge < -0.3 is 9.92 Å². The molecule has 0 aliphatic rings. The number of benzene rings is 1. The van der Waals surface area contributed by atoms with Crippen LogP contribution in [0.25, 0.3) is 0 Å². The van der Waals surface area contributed by atoms with Crippen LogP contribution in [-0.4, -0.2) is 26.7 Å². The summed E-state index contributed by atoms with van der Waals surface area (Å²) in [5.74, 6) is -1.30. The fraction of sp³-hybridized carbons (Fsp3) is 0.273. The van der Waals surface area contributed by atoms with E-state index in [9.17, 15) is 18.0 Å². The minimum atomic E-state index is -4.11. The number of hydrogen-bond acceptors (Lipinski definition) is 6. The minimum absolute atomic E-state index is 0.108. The maximum Gasteiger partial charge on any atom is 0.341 e. The first-order valence-electron chi connectivity index (χ1n) is 5.20. The molecule has 6 nitrogen and oxygen atoms in total. The van der Waals surface area contributed by atoms with Crippen LogP contribution in [0.4, 0.5) is 0 Å². The van der Waals surface area contributed by atoms with Crippen LogP contribution in [0.15, 0.2) is 35.2 Å². The second kappa shape index (κ2) is 6.27. The molecule has 98 valence electrons. The number of carbonyl (C=O) groups is 2. The lowest BCUT2D eigenvalue weighted by Crippen LogP contribution is -2.17. The molecular formula is C11H13NO5S. The van der Waals surface area contributed by atoms with E-state index in [0.29, 0.717) is 0 Å². The summed E-state index contributed by atoms with van der Waals surface area (Å²) in [5, 5.41) is 0. The van der Waals surface area contributed by atoms with Gasteiger partial charge in [0.1, 0.15) is 10.7 Å². The summed E-state index contributed by atoms with van der Waals surface area (Å²) in [7, 11) is -4.11. The standard InChI is InChI=1S/C11H13NO5S/c12-8-9(13)6-7-11(14)17-18(15,16)10-4-2-1-3-5-10/h1-5H,6-8,12H2. The van der Waals surface area contributed by atoms with Crippen LogP contribution in [0.5, 0.6) is 0 Å². The molecule has 7 heteroatoms. The van der Waals surface area contributed by atoms with E-state index in [2.05, 4.69) is 4.18 Å². The first-order valence-corrected chi connectivity index (χ1v) is 6.60. The van der Waals surface area contributed by atoms with E-state index in [0.717, 1.165) is 0 Å². The maximum absolute atomic E-state index is 11.6. The Morgan fingerprint density at radius 1 is 1.11 bits per heavy atom. The van der Waals surface area contributed by atoms with E-state index < -0.39 is 16.1 Å². The predicted octanol–water partition coefficient (Wildman–Crippen LogP) is 0.226. The smallest absolute Gasteiger partial charge is 0.341 e. The average Bonchev–Trinajstić information content (AvgIpc) is 2.36. The fourth-order valence-electron chi connectivity index (χ4n) is 1.14. The van der Waals surface area contributed by atoms with E-state index in [1.807, 2.05) is 0 Å². The summed E-state index contributed by atoms with van der Waals surface area (Å²) in [5.41, 5.74) is 5.06. The Morgan fingerprint density at radius 2 is 1.72 bits per heavy atom. The van der Waals surface area contributed by atoms with Crippen molar-refractivity contribution in [1.29, 1.82) is 0 Å². The lowest BCUT2D eigenvalue weighted by atomic mass is 10.2. The molecule has 18 heavy (non-hydrogen) atoms. The second-order valence-electron chi connectivity index (χ2n) is 3.47. The monoisotopic (exact) mass is 271 g/mol. The molecule has 0 amide bonds. The Hall–Kier alpha value is -1.73. The van der Waals surface area contributed by atoms with Crippen LogP contribution in [0.2, 0.25) is 0 Å². The molecule has 0 saturated carbocycles. The molecule has 0 saturated heterocycles. The van der Waals surface area contributed by atoms with Gasteiger partial charge in [-0.15, -0.1) is 0 Å². The SMILES string of the molecule is NCC(=O)CCC(=O)OS(=O)(=O)c1ccccc1. The Labute approximate surface area is 105 Å². The van der Waals surface area contributed by atoms with Crippen molar-refractivity contribution in [3.63, 3.8) is 0 Å². The molecule has 2 N–H and O–H groups in total. The molecule has 0 aliphatic carbocycles. The van der Waals surface area contributed by atoms with E-state index in [4.69, 9.17) is 5.73 Å². The highest BCUT2D eigenvalue weighted by Crippen LogP contribution is 2.12. The van der Waals surface area contributed by atoms with Gasteiger partial charge in [0.15, 0.2) is 0 Å². The molecule has 0 spiro atoms. The number of carbonyl (C=O) groups excluding carboxylic acids is 2. The van der Waals surface area contributed by atoms with Gasteiger partial charge in [0.25, 0.3) is 0 Å². The summed E-state index contributed by atoms with van der Waals surface area (Å²) in [4.78, 5) is 22.0. The Kier molecular flexibility index (Phi) is 4.99. The predicted molar refractivity (Wildman–Crippen MR) is 63.0 cm³/mol. The van der Waals surface area contributed by atoms with E-state index in [1.54, 1.807) is 6.07 Å². The molecular weight excluding hydrogens is 258 g/mol. The van der Waals surface area contributed by atoms with Crippen molar-refractivity contribution in [2.45, 2.75) is 17.7 Å². The number of hydrogen-bond donors (Lipinski definition) is 1. The molecule has 1 aromatic carbocycles. The molecule has 0 radical (unpaired) electrons. The van der Waals surface area contributed by atoms with Crippen molar-refractivity contribution in [1.82, 2.24) is 0 Å². The van der Waals surface area contributed by atoms with Gasteiger partial charge in [-0.3, -0.25) is 9.59 Å². The van der Waals surface area contributed by atoms with Gasteiger partial charge in [-0.25, -0.2) is 0 Å². The van der Waals surface area contributed by atoms with E-state index >= 15 is 0 Å². The summed E-state index contributed by atoms with van der Waals surface area (Å²) >= 11 is 0. The van der Waals surface area contributed by atoms with Gasteiger partial charge in [-0.2, -0.15) is 8.42 Å². The minimum Gasteiger partial charge on any atom is -0.342 e. The quantitative estimate of drug-likeness (QED) is 0.743. The average molecular weight is 271 g/mol. The molecule has 0 unspecified atom stereocenters. The van der Waals surface area contributed by atoms with E-state index in [-0.39, 0.29) is 30.1 Å². The molecule has 0 bridgehead atoms. The van der Waals surface area contributed by atoms with Crippen molar-refractivity contribution in [2.75, 3.05) is 6.54 Å². The normalized spacial score (nSPS) is 10.9. The third-order valence-corrected chi connectivity index (χ3v) is 3.32. The van der Waals surface area contributed by atoms with Crippen molar-refractivity contribution in [3.8, 4) is 0 Å². The topological polar surface area (TPSA) is 104 Å². The third kappa shape index (κ3) is 4.27. The highest BCUT2D eigenvalue weighted by molar-refractivity contribution is 7.87. The van der Waals surface area contributed by atoms with Crippen molar-refractivity contribution in [3.05, 3.63) is 30.3 Å². The maximum atomic E-state index is 11.6. The summed E-state index contributed by atoms with van der Waals surface area (Å²) in [6.45, 7) is -0.182. The highest BCUT2D eigenvalue weighted by atomic mass is 32.2. The zero-order valence-corrected chi connectivity index (χ0v) is 10.4. The van der Waals surface area contributed by atoms with Gasteiger partial charge in [0.2, 0.25) is 0 Å². The van der Waals surface area contributed by atoms with Crippen LogP contribution in [0.3, 0.4) is 0 Å². The van der Waals surface area contributed by atoms with Crippen LogP contribution >= 0.6 is 0 Å². The van der Waals surface area contributed by atoms with Gasteiger partial charge >= 0.3 is 16.1 Å². The molecule has 0 aromatic heterocycles. The zero-order chi connectivity index (χ0) is 13.6. The van der Waals surface area contributed by atoms with Crippen molar-refractivity contribution in [2.24, 2.45) is 5.73 Å². The lowest BCUT2D eigenvalue weighted by Gasteiger charge is -2.04.